The van der Waals surface area contributed by atoms with Crippen LogP contribution >= 0.6 is 0 Å². The quantitative estimate of drug-likeness (QED) is 0.619. The minimum Gasteiger partial charge on any atom is -0.376 e. The highest BCUT2D eigenvalue weighted by Crippen LogP contribution is 2.27. The first-order valence-electron chi connectivity index (χ1n) is 9.09. The zero-order valence-corrected chi connectivity index (χ0v) is 14.9. The number of hydrogen-bond acceptors (Lipinski definition) is 3. The van der Waals surface area contributed by atoms with Gasteiger partial charge in [-0.1, -0.05) is 24.3 Å². The van der Waals surface area contributed by atoms with Gasteiger partial charge in [-0.3, -0.25) is 9.89 Å². The lowest BCUT2D eigenvalue weighted by atomic mass is 10.1. The van der Waals surface area contributed by atoms with E-state index in [1.165, 1.54) is 24.0 Å². The molecule has 2 N–H and O–H groups in total. The number of benzene rings is 1. The van der Waals surface area contributed by atoms with Gasteiger partial charge in [0.15, 0.2) is 5.96 Å². The van der Waals surface area contributed by atoms with E-state index in [9.17, 15) is 0 Å². The van der Waals surface area contributed by atoms with Gasteiger partial charge in [-0.25, -0.2) is 0 Å². The van der Waals surface area contributed by atoms with Crippen LogP contribution in [0.15, 0.2) is 29.3 Å². The van der Waals surface area contributed by atoms with E-state index in [-0.39, 0.29) is 0 Å². The third kappa shape index (κ3) is 5.49. The molecule has 1 atom stereocenters. The van der Waals surface area contributed by atoms with Crippen molar-refractivity contribution < 1.29 is 4.74 Å². The second-order valence-corrected chi connectivity index (χ2v) is 6.99. The first kappa shape index (κ1) is 17.2. The van der Waals surface area contributed by atoms with Gasteiger partial charge in [0.05, 0.1) is 12.7 Å². The van der Waals surface area contributed by atoms with Crippen LogP contribution in [0, 0.1) is 5.92 Å². The number of hydrogen-bond donors (Lipinski definition) is 2. The van der Waals surface area contributed by atoms with Gasteiger partial charge in [-0.05, 0) is 36.8 Å². The van der Waals surface area contributed by atoms with Crippen LogP contribution in [-0.2, 0) is 17.8 Å². The van der Waals surface area contributed by atoms with Crippen LogP contribution < -0.4 is 10.6 Å². The average molecular weight is 330 g/mol. The van der Waals surface area contributed by atoms with Crippen molar-refractivity contribution in [3.05, 3.63) is 35.4 Å². The summed E-state index contributed by atoms with van der Waals surface area (Å²) in [6, 6.07) is 8.83. The molecule has 0 spiro atoms. The standard InChI is InChI=1S/C19H30N4O/c1-15-13-23(8-9-24-15)14-18-5-3-4-17(10-18)12-22-19(20-2)21-11-16-6-7-16/h3-5,10,15-16H,6-9,11-14H2,1-2H3,(H2,20,21,22). The maximum absolute atomic E-state index is 5.62. The summed E-state index contributed by atoms with van der Waals surface area (Å²) in [6.45, 7) is 7.85. The van der Waals surface area contributed by atoms with Crippen molar-refractivity contribution in [3.8, 4) is 0 Å². The summed E-state index contributed by atoms with van der Waals surface area (Å²) < 4.78 is 5.62. The van der Waals surface area contributed by atoms with E-state index >= 15 is 0 Å². The molecule has 1 aliphatic carbocycles. The molecule has 3 rings (SSSR count). The Morgan fingerprint density at radius 1 is 1.29 bits per heavy atom. The average Bonchev–Trinajstić information content (AvgIpc) is 3.40. The molecule has 1 unspecified atom stereocenters. The van der Waals surface area contributed by atoms with Gasteiger partial charge in [0.25, 0.3) is 0 Å². The van der Waals surface area contributed by atoms with Gasteiger partial charge >= 0.3 is 0 Å². The van der Waals surface area contributed by atoms with Crippen molar-refractivity contribution in [3.63, 3.8) is 0 Å². The highest BCUT2D eigenvalue weighted by Gasteiger charge is 2.21. The number of guanidine groups is 1. The highest BCUT2D eigenvalue weighted by atomic mass is 16.5. The Hall–Kier alpha value is -1.59. The summed E-state index contributed by atoms with van der Waals surface area (Å²) in [5.74, 6) is 1.75. The smallest absolute Gasteiger partial charge is 0.191 e. The zero-order valence-electron chi connectivity index (χ0n) is 14.9. The Bertz CT molecular complexity index is 556. The maximum Gasteiger partial charge on any atom is 0.191 e. The summed E-state index contributed by atoms with van der Waals surface area (Å²) >= 11 is 0. The fraction of sp³-hybridized carbons (Fsp3) is 0.632. The summed E-state index contributed by atoms with van der Waals surface area (Å²) in [5.41, 5.74) is 2.66. The van der Waals surface area contributed by atoms with Crippen LogP contribution in [0.25, 0.3) is 0 Å². The Morgan fingerprint density at radius 2 is 2.12 bits per heavy atom. The molecular weight excluding hydrogens is 300 g/mol. The molecule has 1 heterocycles. The van der Waals surface area contributed by atoms with Gasteiger partial charge in [0.2, 0.25) is 0 Å². The molecule has 132 valence electrons. The molecule has 0 radical (unpaired) electrons. The lowest BCUT2D eigenvalue weighted by molar-refractivity contribution is -0.0212. The van der Waals surface area contributed by atoms with Crippen LogP contribution in [0.4, 0.5) is 0 Å². The van der Waals surface area contributed by atoms with E-state index in [4.69, 9.17) is 4.74 Å². The molecule has 2 fully saturated rings. The number of rotatable bonds is 6. The fourth-order valence-electron chi connectivity index (χ4n) is 3.10. The minimum absolute atomic E-state index is 0.337. The Labute approximate surface area is 145 Å². The molecule has 0 bridgehead atoms. The Morgan fingerprint density at radius 3 is 2.88 bits per heavy atom. The molecule has 1 saturated carbocycles. The first-order valence-corrected chi connectivity index (χ1v) is 9.09. The summed E-state index contributed by atoms with van der Waals surface area (Å²) in [5, 5.41) is 6.82. The maximum atomic E-state index is 5.62. The van der Waals surface area contributed by atoms with Crippen molar-refractivity contribution in [1.82, 2.24) is 15.5 Å². The van der Waals surface area contributed by atoms with Crippen molar-refractivity contribution in [2.75, 3.05) is 33.3 Å². The number of ether oxygens (including phenoxy) is 1. The highest BCUT2D eigenvalue weighted by molar-refractivity contribution is 5.79. The number of nitrogens with zero attached hydrogens (tertiary/aromatic N) is 2. The lowest BCUT2D eigenvalue weighted by Crippen LogP contribution is -2.40. The summed E-state index contributed by atoms with van der Waals surface area (Å²) in [6.07, 6.45) is 3.04. The van der Waals surface area contributed by atoms with Crippen molar-refractivity contribution in [2.45, 2.75) is 39.0 Å². The third-order valence-electron chi connectivity index (χ3n) is 4.66. The number of nitrogens with one attached hydrogen (secondary N) is 2. The lowest BCUT2D eigenvalue weighted by Gasteiger charge is -2.31. The molecule has 2 aliphatic rings. The van der Waals surface area contributed by atoms with Crippen LogP contribution in [0.5, 0.6) is 0 Å². The Kier molecular flexibility index (Phi) is 6.10. The molecule has 5 nitrogen and oxygen atoms in total. The molecule has 0 aromatic heterocycles. The van der Waals surface area contributed by atoms with E-state index in [0.717, 1.165) is 51.2 Å². The largest absolute Gasteiger partial charge is 0.376 e. The van der Waals surface area contributed by atoms with Gasteiger partial charge in [0.1, 0.15) is 0 Å². The molecule has 1 saturated heterocycles. The minimum atomic E-state index is 0.337. The van der Waals surface area contributed by atoms with Crippen molar-refractivity contribution in [1.29, 1.82) is 0 Å². The van der Waals surface area contributed by atoms with E-state index in [0.29, 0.717) is 6.10 Å². The second kappa shape index (κ2) is 8.49. The van der Waals surface area contributed by atoms with Crippen molar-refractivity contribution in [2.24, 2.45) is 10.9 Å². The predicted octanol–water partition coefficient (Wildman–Crippen LogP) is 1.98. The molecular formula is C19H30N4O. The summed E-state index contributed by atoms with van der Waals surface area (Å²) in [7, 11) is 1.83. The van der Waals surface area contributed by atoms with Crippen LogP contribution in [0.2, 0.25) is 0 Å². The number of aliphatic imine (C=N–C) groups is 1. The van der Waals surface area contributed by atoms with E-state index in [1.807, 2.05) is 7.05 Å². The zero-order chi connectivity index (χ0) is 16.8. The van der Waals surface area contributed by atoms with Crippen LogP contribution in [0.3, 0.4) is 0 Å². The van der Waals surface area contributed by atoms with Gasteiger partial charge < -0.3 is 15.4 Å². The third-order valence-corrected chi connectivity index (χ3v) is 4.66. The summed E-state index contributed by atoms with van der Waals surface area (Å²) in [4.78, 5) is 6.77. The number of morpholine rings is 1. The van der Waals surface area contributed by atoms with Gasteiger partial charge in [0, 0.05) is 39.8 Å². The van der Waals surface area contributed by atoms with E-state index in [1.54, 1.807) is 0 Å². The fourth-order valence-corrected chi connectivity index (χ4v) is 3.10. The molecule has 1 aromatic carbocycles. The van der Waals surface area contributed by atoms with Crippen LogP contribution in [0.1, 0.15) is 30.9 Å². The molecule has 24 heavy (non-hydrogen) atoms. The van der Waals surface area contributed by atoms with Crippen molar-refractivity contribution >= 4 is 5.96 Å². The first-order chi connectivity index (χ1) is 11.7. The van der Waals surface area contributed by atoms with E-state index < -0.39 is 0 Å². The van der Waals surface area contributed by atoms with Gasteiger partial charge in [-0.2, -0.15) is 0 Å². The van der Waals surface area contributed by atoms with Crippen LogP contribution in [-0.4, -0.2) is 50.3 Å². The second-order valence-electron chi connectivity index (χ2n) is 6.99. The predicted molar refractivity (Wildman–Crippen MR) is 98.1 cm³/mol. The molecule has 1 aliphatic heterocycles. The molecule has 0 amide bonds. The SMILES string of the molecule is CN=C(NCc1cccc(CN2CCOC(C)C2)c1)NCC1CC1. The molecule has 5 heteroatoms. The molecule has 1 aromatic rings. The van der Waals surface area contributed by atoms with E-state index in [2.05, 4.69) is 51.7 Å². The monoisotopic (exact) mass is 330 g/mol. The van der Waals surface area contributed by atoms with Gasteiger partial charge in [-0.15, -0.1) is 0 Å². The topological polar surface area (TPSA) is 48.9 Å². The Balaban J connectivity index is 1.48. The normalized spacial score (nSPS) is 22.4.